The van der Waals surface area contributed by atoms with Crippen molar-refractivity contribution in [3.63, 3.8) is 0 Å². The van der Waals surface area contributed by atoms with Gasteiger partial charge in [-0.3, -0.25) is 0 Å². The molecule has 1 nitrogen and oxygen atoms in total. The molecule has 1 aromatic carbocycles. The van der Waals surface area contributed by atoms with Gasteiger partial charge in [0.05, 0.1) is 6.10 Å². The van der Waals surface area contributed by atoms with Crippen LogP contribution in [0.25, 0.3) is 0 Å². The van der Waals surface area contributed by atoms with Crippen LogP contribution in [-0.2, 0) is 0 Å². The van der Waals surface area contributed by atoms with Crippen molar-refractivity contribution in [2.45, 2.75) is 53.1 Å². The van der Waals surface area contributed by atoms with Gasteiger partial charge in [-0.1, -0.05) is 37.6 Å². The Morgan fingerprint density at radius 2 is 1.67 bits per heavy atom. The number of benzene rings is 1. The lowest BCUT2D eigenvalue weighted by molar-refractivity contribution is 0.0547. The molecule has 0 saturated heterocycles. The molecule has 1 N–H and O–H groups in total. The first-order valence-corrected chi connectivity index (χ1v) is 7.22. The summed E-state index contributed by atoms with van der Waals surface area (Å²) in [4.78, 5) is 0. The Balaban J connectivity index is 2.17. The maximum Gasteiger partial charge on any atom is 0.0820 e. The van der Waals surface area contributed by atoms with E-state index in [0.29, 0.717) is 5.92 Å². The Morgan fingerprint density at radius 3 is 2.22 bits per heavy atom. The molecule has 0 radical (unpaired) electrons. The van der Waals surface area contributed by atoms with Gasteiger partial charge in [0, 0.05) is 0 Å². The lowest BCUT2D eigenvalue weighted by Gasteiger charge is -2.35. The molecule has 1 aliphatic rings. The molecular formula is C17H26O. The van der Waals surface area contributed by atoms with Gasteiger partial charge in [-0.25, -0.2) is 0 Å². The van der Waals surface area contributed by atoms with Crippen molar-refractivity contribution in [3.05, 3.63) is 34.9 Å². The van der Waals surface area contributed by atoms with Crippen LogP contribution in [-0.4, -0.2) is 5.11 Å². The molecule has 0 heterocycles. The van der Waals surface area contributed by atoms with Gasteiger partial charge >= 0.3 is 0 Å². The molecule has 1 aromatic rings. The smallest absolute Gasteiger partial charge is 0.0820 e. The monoisotopic (exact) mass is 246 g/mol. The van der Waals surface area contributed by atoms with Crippen molar-refractivity contribution < 1.29 is 5.11 Å². The normalized spacial score (nSPS) is 30.2. The average molecular weight is 246 g/mol. The van der Waals surface area contributed by atoms with E-state index in [1.165, 1.54) is 30.4 Å². The molecule has 3 atom stereocenters. The molecule has 0 aliphatic heterocycles. The summed E-state index contributed by atoms with van der Waals surface area (Å²) < 4.78 is 0. The SMILES string of the molecule is Cc1ccc(C(O)C2CC(C)CC(C)C2)c(C)c1. The molecule has 3 unspecified atom stereocenters. The molecular weight excluding hydrogens is 220 g/mol. The summed E-state index contributed by atoms with van der Waals surface area (Å²) in [7, 11) is 0. The number of aliphatic hydroxyl groups is 1. The van der Waals surface area contributed by atoms with Gasteiger partial charge in [0.25, 0.3) is 0 Å². The van der Waals surface area contributed by atoms with E-state index in [1.807, 2.05) is 0 Å². The quantitative estimate of drug-likeness (QED) is 0.819. The van der Waals surface area contributed by atoms with Gasteiger partial charge in [-0.15, -0.1) is 0 Å². The minimum Gasteiger partial charge on any atom is -0.388 e. The van der Waals surface area contributed by atoms with Crippen molar-refractivity contribution in [1.29, 1.82) is 0 Å². The van der Waals surface area contributed by atoms with E-state index < -0.39 is 0 Å². The fraction of sp³-hybridized carbons (Fsp3) is 0.647. The average Bonchev–Trinajstić information content (AvgIpc) is 2.26. The molecule has 18 heavy (non-hydrogen) atoms. The van der Waals surface area contributed by atoms with E-state index in [4.69, 9.17) is 0 Å². The molecule has 1 heteroatoms. The summed E-state index contributed by atoms with van der Waals surface area (Å²) in [6, 6.07) is 6.40. The first kappa shape index (κ1) is 13.6. The van der Waals surface area contributed by atoms with Crippen LogP contribution >= 0.6 is 0 Å². The Kier molecular flexibility index (Phi) is 4.11. The van der Waals surface area contributed by atoms with Crippen LogP contribution in [0.2, 0.25) is 0 Å². The van der Waals surface area contributed by atoms with Crippen molar-refractivity contribution in [2.24, 2.45) is 17.8 Å². The van der Waals surface area contributed by atoms with Crippen molar-refractivity contribution in [2.75, 3.05) is 0 Å². The molecule has 0 aromatic heterocycles. The highest BCUT2D eigenvalue weighted by molar-refractivity contribution is 5.32. The minimum absolute atomic E-state index is 0.282. The van der Waals surface area contributed by atoms with E-state index in [-0.39, 0.29) is 6.10 Å². The Labute approximate surface area is 111 Å². The number of aryl methyl sites for hydroxylation is 2. The highest BCUT2D eigenvalue weighted by atomic mass is 16.3. The van der Waals surface area contributed by atoms with Crippen LogP contribution in [0.1, 0.15) is 55.9 Å². The standard InChI is InChI=1S/C17H26O/c1-11-5-6-16(14(4)8-11)17(18)15-9-12(2)7-13(3)10-15/h5-6,8,12-13,15,17-18H,7,9-10H2,1-4H3. The molecule has 1 saturated carbocycles. The fourth-order valence-corrected chi connectivity index (χ4v) is 3.68. The van der Waals surface area contributed by atoms with Crippen molar-refractivity contribution >= 4 is 0 Å². The summed E-state index contributed by atoms with van der Waals surface area (Å²) >= 11 is 0. The predicted octanol–water partition coefficient (Wildman–Crippen LogP) is 4.41. The number of rotatable bonds is 2. The van der Waals surface area contributed by atoms with Crippen LogP contribution in [0.3, 0.4) is 0 Å². The highest BCUT2D eigenvalue weighted by Gasteiger charge is 2.30. The van der Waals surface area contributed by atoms with E-state index in [2.05, 4.69) is 45.9 Å². The molecule has 1 fully saturated rings. The van der Waals surface area contributed by atoms with E-state index >= 15 is 0 Å². The summed E-state index contributed by atoms with van der Waals surface area (Å²) in [6.45, 7) is 8.85. The van der Waals surface area contributed by atoms with Crippen molar-refractivity contribution in [3.8, 4) is 0 Å². The molecule has 0 bridgehead atoms. The third-order valence-corrected chi connectivity index (χ3v) is 4.41. The van der Waals surface area contributed by atoms with E-state index in [9.17, 15) is 5.11 Å². The second-order valence-electron chi connectivity index (χ2n) is 6.48. The summed E-state index contributed by atoms with van der Waals surface area (Å²) in [5, 5.41) is 10.7. The maximum absolute atomic E-state index is 10.7. The molecule has 0 spiro atoms. The fourth-order valence-electron chi connectivity index (χ4n) is 3.68. The molecule has 0 amide bonds. The van der Waals surface area contributed by atoms with Gasteiger partial charge in [0.1, 0.15) is 0 Å². The first-order valence-electron chi connectivity index (χ1n) is 7.22. The molecule has 1 aliphatic carbocycles. The Morgan fingerprint density at radius 1 is 1.06 bits per heavy atom. The molecule has 100 valence electrons. The van der Waals surface area contributed by atoms with E-state index in [1.54, 1.807) is 0 Å². The summed E-state index contributed by atoms with van der Waals surface area (Å²) in [6.07, 6.45) is 3.36. The number of hydrogen-bond acceptors (Lipinski definition) is 1. The third kappa shape index (κ3) is 2.95. The summed E-state index contributed by atoms with van der Waals surface area (Å²) in [5.41, 5.74) is 3.63. The third-order valence-electron chi connectivity index (χ3n) is 4.41. The van der Waals surface area contributed by atoms with Crippen LogP contribution in [0.4, 0.5) is 0 Å². The zero-order valence-corrected chi connectivity index (χ0v) is 12.1. The largest absolute Gasteiger partial charge is 0.388 e. The van der Waals surface area contributed by atoms with Gasteiger partial charge in [0.15, 0.2) is 0 Å². The second-order valence-corrected chi connectivity index (χ2v) is 6.48. The first-order chi connectivity index (χ1) is 8.47. The van der Waals surface area contributed by atoms with Crippen molar-refractivity contribution in [1.82, 2.24) is 0 Å². The lowest BCUT2D eigenvalue weighted by atomic mass is 9.73. The van der Waals surface area contributed by atoms with Gasteiger partial charge in [-0.05, 0) is 62.0 Å². The lowest BCUT2D eigenvalue weighted by Crippen LogP contribution is -2.25. The zero-order chi connectivity index (χ0) is 13.3. The van der Waals surface area contributed by atoms with Gasteiger partial charge < -0.3 is 5.11 Å². The zero-order valence-electron chi connectivity index (χ0n) is 12.1. The van der Waals surface area contributed by atoms with Crippen LogP contribution in [0.5, 0.6) is 0 Å². The van der Waals surface area contributed by atoms with Gasteiger partial charge in [0.2, 0.25) is 0 Å². The highest BCUT2D eigenvalue weighted by Crippen LogP contribution is 2.40. The number of hydrogen-bond donors (Lipinski definition) is 1. The second kappa shape index (κ2) is 5.44. The molecule has 2 rings (SSSR count). The van der Waals surface area contributed by atoms with Crippen LogP contribution in [0.15, 0.2) is 18.2 Å². The Hall–Kier alpha value is -0.820. The number of aliphatic hydroxyl groups excluding tert-OH is 1. The van der Waals surface area contributed by atoms with Crippen LogP contribution in [0, 0.1) is 31.6 Å². The topological polar surface area (TPSA) is 20.2 Å². The van der Waals surface area contributed by atoms with E-state index in [0.717, 1.165) is 17.4 Å². The Bertz CT molecular complexity index is 400. The maximum atomic E-state index is 10.7. The van der Waals surface area contributed by atoms with Crippen LogP contribution < -0.4 is 0 Å². The van der Waals surface area contributed by atoms with Gasteiger partial charge in [-0.2, -0.15) is 0 Å². The summed E-state index contributed by atoms with van der Waals surface area (Å²) in [5.74, 6) is 1.93. The predicted molar refractivity (Wildman–Crippen MR) is 76.5 cm³/mol. The minimum atomic E-state index is -0.282.